The fraction of sp³-hybridized carbons (Fsp3) is 0.222. The minimum atomic E-state index is -0.296. The number of hydrogen-bond acceptors (Lipinski definition) is 3. The summed E-state index contributed by atoms with van der Waals surface area (Å²) in [4.78, 5) is 12.6. The van der Waals surface area contributed by atoms with Crippen LogP contribution in [0.2, 0.25) is 0 Å². The van der Waals surface area contributed by atoms with Gasteiger partial charge in [0.05, 0.1) is 7.11 Å². The largest absolute Gasteiger partial charge is 0.465 e. The second-order valence-corrected chi connectivity index (χ2v) is 3.67. The minimum absolute atomic E-state index is 0.296. The summed E-state index contributed by atoms with van der Waals surface area (Å²) in [5, 5.41) is 0. The van der Waals surface area contributed by atoms with E-state index in [1.54, 1.807) is 6.07 Å². The summed E-state index contributed by atoms with van der Waals surface area (Å²) in [6.07, 6.45) is 3.71. The van der Waals surface area contributed by atoms with Crippen LogP contribution in [-0.2, 0) is 4.74 Å². The van der Waals surface area contributed by atoms with Gasteiger partial charge in [0, 0.05) is 10.8 Å². The molecule has 0 aliphatic rings. The van der Waals surface area contributed by atoms with Crippen molar-refractivity contribution in [2.45, 2.75) is 0 Å². The molecule has 0 amide bonds. The molecule has 0 saturated heterocycles. The van der Waals surface area contributed by atoms with Crippen LogP contribution in [0.15, 0.2) is 18.2 Å². The van der Waals surface area contributed by atoms with Gasteiger partial charge in [-0.25, -0.2) is 4.79 Å². The lowest BCUT2D eigenvalue weighted by Gasteiger charge is -1.91. The smallest absolute Gasteiger partial charge is 0.348 e. The maximum absolute atomic E-state index is 11.0. The highest BCUT2D eigenvalue weighted by Crippen LogP contribution is 2.18. The molecule has 0 aliphatic heterocycles. The molecule has 13 heavy (non-hydrogen) atoms. The van der Waals surface area contributed by atoms with Crippen LogP contribution in [0.4, 0.5) is 0 Å². The van der Waals surface area contributed by atoms with E-state index in [4.69, 9.17) is 11.6 Å². The molecule has 1 rings (SSSR count). The van der Waals surface area contributed by atoms with Crippen LogP contribution in [0.5, 0.6) is 0 Å². The summed E-state index contributed by atoms with van der Waals surface area (Å²) in [5.41, 5.74) is 0. The van der Waals surface area contributed by atoms with Gasteiger partial charge in [0.1, 0.15) is 4.88 Å². The molecule has 0 fully saturated rings. The molecule has 1 aromatic rings. The average Bonchev–Trinajstić information content (AvgIpc) is 2.62. The number of halogens is 1. The standard InChI is InChI=1S/C9H9ClO2S/c1-12-9(11)8-5-4-7(13-8)3-2-6-10/h2-5H,6H2,1H3. The van der Waals surface area contributed by atoms with Gasteiger partial charge < -0.3 is 4.74 Å². The number of methoxy groups -OCH3 is 1. The van der Waals surface area contributed by atoms with Crippen molar-refractivity contribution in [2.75, 3.05) is 13.0 Å². The Labute approximate surface area is 85.8 Å². The summed E-state index contributed by atoms with van der Waals surface area (Å²) in [5.74, 6) is 0.182. The topological polar surface area (TPSA) is 26.3 Å². The zero-order valence-corrected chi connectivity index (χ0v) is 8.69. The van der Waals surface area contributed by atoms with Gasteiger partial charge in [0.15, 0.2) is 0 Å². The molecule has 0 bridgehead atoms. The summed E-state index contributed by atoms with van der Waals surface area (Å²) in [7, 11) is 1.37. The zero-order valence-electron chi connectivity index (χ0n) is 7.12. The van der Waals surface area contributed by atoms with Crippen molar-refractivity contribution in [1.82, 2.24) is 0 Å². The molecule has 0 spiro atoms. The number of carbonyl (C=O) groups is 1. The molecule has 0 saturated carbocycles. The van der Waals surface area contributed by atoms with Crippen LogP contribution in [-0.4, -0.2) is 19.0 Å². The lowest BCUT2D eigenvalue weighted by atomic mass is 10.4. The number of ether oxygens (including phenoxy) is 1. The van der Waals surface area contributed by atoms with Crippen molar-refractivity contribution >= 4 is 35.0 Å². The monoisotopic (exact) mass is 216 g/mol. The van der Waals surface area contributed by atoms with E-state index < -0.39 is 0 Å². The Kier molecular flexibility index (Phi) is 3.99. The third-order valence-corrected chi connectivity index (χ3v) is 2.59. The molecular formula is C9H9ClO2S. The highest BCUT2D eigenvalue weighted by molar-refractivity contribution is 7.14. The van der Waals surface area contributed by atoms with E-state index in [1.165, 1.54) is 18.4 Å². The Morgan fingerprint density at radius 2 is 2.46 bits per heavy atom. The van der Waals surface area contributed by atoms with Gasteiger partial charge >= 0.3 is 5.97 Å². The molecule has 0 aliphatic carbocycles. The normalized spacial score (nSPS) is 10.6. The van der Waals surface area contributed by atoms with Crippen molar-refractivity contribution in [3.05, 3.63) is 28.0 Å². The Morgan fingerprint density at radius 1 is 1.69 bits per heavy atom. The van der Waals surface area contributed by atoms with Gasteiger partial charge in [0.2, 0.25) is 0 Å². The molecule has 0 N–H and O–H groups in total. The summed E-state index contributed by atoms with van der Waals surface area (Å²) >= 11 is 6.86. The number of rotatable bonds is 3. The van der Waals surface area contributed by atoms with E-state index in [1.807, 2.05) is 18.2 Å². The summed E-state index contributed by atoms with van der Waals surface area (Å²) in [6, 6.07) is 3.60. The number of alkyl halides is 1. The van der Waals surface area contributed by atoms with Crippen molar-refractivity contribution in [3.63, 3.8) is 0 Å². The fourth-order valence-corrected chi connectivity index (χ4v) is 1.76. The van der Waals surface area contributed by atoms with Crippen molar-refractivity contribution < 1.29 is 9.53 Å². The van der Waals surface area contributed by atoms with E-state index in [0.717, 1.165) is 4.88 Å². The lowest BCUT2D eigenvalue weighted by molar-refractivity contribution is 0.0606. The molecule has 0 atom stereocenters. The molecule has 1 heterocycles. The molecule has 0 aromatic carbocycles. The summed E-state index contributed by atoms with van der Waals surface area (Å²) < 4.78 is 4.58. The highest BCUT2D eigenvalue weighted by Gasteiger charge is 2.06. The third-order valence-electron chi connectivity index (χ3n) is 1.38. The van der Waals surface area contributed by atoms with Gasteiger partial charge in [-0.1, -0.05) is 6.08 Å². The molecule has 4 heteroatoms. The second kappa shape index (κ2) is 5.04. The van der Waals surface area contributed by atoms with Crippen LogP contribution in [0.3, 0.4) is 0 Å². The van der Waals surface area contributed by atoms with E-state index in [2.05, 4.69) is 4.74 Å². The first-order valence-corrected chi connectivity index (χ1v) is 5.03. The third kappa shape index (κ3) is 2.86. The van der Waals surface area contributed by atoms with Crippen LogP contribution < -0.4 is 0 Å². The van der Waals surface area contributed by atoms with Gasteiger partial charge in [-0.2, -0.15) is 0 Å². The Morgan fingerprint density at radius 3 is 3.08 bits per heavy atom. The Hall–Kier alpha value is -0.800. The number of esters is 1. The van der Waals surface area contributed by atoms with E-state index in [0.29, 0.717) is 10.8 Å². The van der Waals surface area contributed by atoms with Crippen molar-refractivity contribution in [1.29, 1.82) is 0 Å². The van der Waals surface area contributed by atoms with Gasteiger partial charge in [-0.3, -0.25) is 0 Å². The van der Waals surface area contributed by atoms with Crippen molar-refractivity contribution in [3.8, 4) is 0 Å². The van der Waals surface area contributed by atoms with Crippen LogP contribution in [0, 0.1) is 0 Å². The number of allylic oxidation sites excluding steroid dienone is 1. The zero-order chi connectivity index (χ0) is 9.68. The van der Waals surface area contributed by atoms with Crippen LogP contribution in [0.25, 0.3) is 6.08 Å². The number of hydrogen-bond donors (Lipinski definition) is 0. The molecule has 2 nitrogen and oxygen atoms in total. The maximum Gasteiger partial charge on any atom is 0.348 e. The lowest BCUT2D eigenvalue weighted by Crippen LogP contribution is -1.96. The van der Waals surface area contributed by atoms with E-state index >= 15 is 0 Å². The van der Waals surface area contributed by atoms with E-state index in [-0.39, 0.29) is 5.97 Å². The first-order valence-electron chi connectivity index (χ1n) is 3.68. The van der Waals surface area contributed by atoms with Crippen LogP contribution in [0.1, 0.15) is 14.5 Å². The molecule has 0 radical (unpaired) electrons. The minimum Gasteiger partial charge on any atom is -0.465 e. The second-order valence-electron chi connectivity index (χ2n) is 2.25. The molecule has 70 valence electrons. The quantitative estimate of drug-likeness (QED) is 0.574. The Bertz CT molecular complexity index is 317. The SMILES string of the molecule is COC(=O)c1ccc(C=CCCl)s1. The van der Waals surface area contributed by atoms with Crippen LogP contribution >= 0.6 is 22.9 Å². The first-order chi connectivity index (χ1) is 6.27. The molecule has 1 aromatic heterocycles. The summed E-state index contributed by atoms with van der Waals surface area (Å²) in [6.45, 7) is 0. The number of thiophene rings is 1. The van der Waals surface area contributed by atoms with E-state index in [9.17, 15) is 4.79 Å². The average molecular weight is 217 g/mol. The predicted octanol–water partition coefficient (Wildman–Crippen LogP) is 2.79. The molecule has 0 unspecified atom stereocenters. The van der Waals surface area contributed by atoms with Gasteiger partial charge in [-0.05, 0) is 18.2 Å². The van der Waals surface area contributed by atoms with Gasteiger partial charge in [0.25, 0.3) is 0 Å². The predicted molar refractivity (Wildman–Crippen MR) is 55.4 cm³/mol. The van der Waals surface area contributed by atoms with Gasteiger partial charge in [-0.15, -0.1) is 22.9 Å². The van der Waals surface area contributed by atoms with Crippen molar-refractivity contribution in [2.24, 2.45) is 0 Å². The first kappa shape index (κ1) is 10.3. The number of carbonyl (C=O) groups excluding carboxylic acids is 1. The fourth-order valence-electron chi connectivity index (χ4n) is 0.813. The highest BCUT2D eigenvalue weighted by atomic mass is 35.5. The maximum atomic E-state index is 11.0. The Balaban J connectivity index is 2.74. The molecular weight excluding hydrogens is 208 g/mol.